The molecular weight excluding hydrogens is 396 g/mol. The van der Waals surface area contributed by atoms with Crippen LogP contribution in [0, 0.1) is 5.82 Å². The molecule has 1 aliphatic rings. The van der Waals surface area contributed by atoms with Crippen LogP contribution in [-0.2, 0) is 13.2 Å². The molecule has 0 spiro atoms. The van der Waals surface area contributed by atoms with Crippen LogP contribution in [0.2, 0.25) is 0 Å². The Kier molecular flexibility index (Phi) is 5.76. The molecule has 11 heteroatoms. The van der Waals surface area contributed by atoms with E-state index in [2.05, 4.69) is 10.4 Å². The fourth-order valence-corrected chi connectivity index (χ4v) is 2.96. The number of rotatable bonds is 3. The van der Waals surface area contributed by atoms with Crippen molar-refractivity contribution in [3.63, 3.8) is 0 Å². The minimum absolute atomic E-state index is 0.0883. The Morgan fingerprint density at radius 3 is 2.59 bits per heavy atom. The molecule has 2 aromatic rings. The predicted octanol–water partition coefficient (Wildman–Crippen LogP) is 3.01. The van der Waals surface area contributed by atoms with Gasteiger partial charge in [-0.15, -0.1) is 0 Å². The lowest BCUT2D eigenvalue weighted by molar-refractivity contribution is -0.137. The zero-order chi connectivity index (χ0) is 21.2. The molecule has 3 rings (SSSR count). The van der Waals surface area contributed by atoms with E-state index in [1.54, 1.807) is 0 Å². The van der Waals surface area contributed by atoms with Crippen LogP contribution in [0.15, 0.2) is 35.3 Å². The third-order valence-electron chi connectivity index (χ3n) is 4.48. The number of hydrogen-bond acceptors (Lipinski definition) is 4. The Bertz CT molecular complexity index is 953. The Balaban J connectivity index is 1.58. The number of alkyl halides is 3. The minimum Gasteiger partial charge on any atom is -0.490 e. The second kappa shape index (κ2) is 8.10. The molecule has 1 N–H and O–H groups in total. The number of nitrogens with zero attached hydrogens (tertiary/aromatic N) is 3. The maximum absolute atomic E-state index is 13.5. The SMILES string of the molecule is Cn1nccc(NC(=O)N2CCC(Oc3cc(F)cc(C(F)(F)F)c3)CC2)c1=O. The van der Waals surface area contributed by atoms with Crippen molar-refractivity contribution in [1.82, 2.24) is 14.7 Å². The molecule has 0 atom stereocenters. The monoisotopic (exact) mass is 414 g/mol. The number of carbonyl (C=O) groups is 1. The van der Waals surface area contributed by atoms with Crippen LogP contribution >= 0.6 is 0 Å². The molecule has 0 saturated carbocycles. The molecule has 1 aliphatic heterocycles. The normalized spacial score (nSPS) is 15.3. The van der Waals surface area contributed by atoms with Gasteiger partial charge < -0.3 is 15.0 Å². The summed E-state index contributed by atoms with van der Waals surface area (Å²) in [4.78, 5) is 25.7. The summed E-state index contributed by atoms with van der Waals surface area (Å²) in [6, 6.07) is 2.97. The number of ether oxygens (including phenoxy) is 1. The average Bonchev–Trinajstić information content (AvgIpc) is 2.65. The van der Waals surface area contributed by atoms with Gasteiger partial charge in [0.15, 0.2) is 0 Å². The Morgan fingerprint density at radius 2 is 1.93 bits per heavy atom. The molecule has 2 amide bonds. The second-order valence-electron chi connectivity index (χ2n) is 6.58. The van der Waals surface area contributed by atoms with E-state index in [1.165, 1.54) is 24.2 Å². The van der Waals surface area contributed by atoms with Gasteiger partial charge in [-0.25, -0.2) is 13.9 Å². The maximum atomic E-state index is 13.5. The zero-order valence-electron chi connectivity index (χ0n) is 15.4. The summed E-state index contributed by atoms with van der Waals surface area (Å²) in [5.74, 6) is -1.24. The summed E-state index contributed by atoms with van der Waals surface area (Å²) in [5, 5.41) is 6.28. The van der Waals surface area contributed by atoms with E-state index in [9.17, 15) is 27.2 Å². The summed E-state index contributed by atoms with van der Waals surface area (Å²) in [7, 11) is 1.46. The number of anilines is 1. The lowest BCUT2D eigenvalue weighted by atomic mass is 10.1. The minimum atomic E-state index is -4.67. The Labute approximate surface area is 162 Å². The molecule has 1 aromatic carbocycles. The number of hydrogen-bond donors (Lipinski definition) is 1. The molecular formula is C18H18F4N4O3. The van der Waals surface area contributed by atoms with Crippen molar-refractivity contribution in [1.29, 1.82) is 0 Å². The quantitative estimate of drug-likeness (QED) is 0.784. The van der Waals surface area contributed by atoms with Crippen LogP contribution in [0.3, 0.4) is 0 Å². The smallest absolute Gasteiger partial charge is 0.416 e. The van der Waals surface area contributed by atoms with Crippen LogP contribution < -0.4 is 15.6 Å². The van der Waals surface area contributed by atoms with Crippen molar-refractivity contribution in [2.75, 3.05) is 18.4 Å². The number of nitrogens with one attached hydrogen (secondary N) is 1. The predicted molar refractivity (Wildman–Crippen MR) is 95.1 cm³/mol. The van der Waals surface area contributed by atoms with Gasteiger partial charge in [-0.1, -0.05) is 0 Å². The van der Waals surface area contributed by atoms with Crippen molar-refractivity contribution >= 4 is 11.7 Å². The standard InChI is InChI=1S/C18H18F4N4O3/c1-25-16(27)15(2-5-23-25)24-17(28)26-6-3-13(4-7-26)29-14-9-11(18(20,21)22)8-12(19)10-14/h2,5,8-10,13H,3-4,6-7H2,1H3,(H,24,28). The summed E-state index contributed by atoms with van der Waals surface area (Å²) >= 11 is 0. The molecule has 156 valence electrons. The second-order valence-corrected chi connectivity index (χ2v) is 6.58. The number of benzene rings is 1. The first-order valence-electron chi connectivity index (χ1n) is 8.76. The van der Waals surface area contributed by atoms with E-state index in [0.29, 0.717) is 18.9 Å². The van der Waals surface area contributed by atoms with Gasteiger partial charge in [0.25, 0.3) is 5.56 Å². The van der Waals surface area contributed by atoms with Crippen LogP contribution in [-0.4, -0.2) is 39.9 Å². The zero-order valence-corrected chi connectivity index (χ0v) is 15.4. The summed E-state index contributed by atoms with van der Waals surface area (Å²) < 4.78 is 58.4. The first-order valence-corrected chi connectivity index (χ1v) is 8.76. The molecule has 0 bridgehead atoms. The number of aromatic nitrogens is 2. The third kappa shape index (κ3) is 5.04. The molecule has 2 heterocycles. The number of piperidine rings is 1. The molecule has 7 nitrogen and oxygen atoms in total. The Hall–Kier alpha value is -3.11. The maximum Gasteiger partial charge on any atom is 0.416 e. The van der Waals surface area contributed by atoms with E-state index in [4.69, 9.17) is 4.74 Å². The Morgan fingerprint density at radius 1 is 1.24 bits per heavy atom. The fraction of sp³-hybridized carbons (Fsp3) is 0.389. The van der Waals surface area contributed by atoms with Gasteiger partial charge in [0.2, 0.25) is 0 Å². The number of likely N-dealkylation sites (tertiary alicyclic amines) is 1. The van der Waals surface area contributed by atoms with Gasteiger partial charge >= 0.3 is 12.2 Å². The van der Waals surface area contributed by atoms with Gasteiger partial charge in [-0.2, -0.15) is 18.3 Å². The number of aryl methyl sites for hydroxylation is 1. The van der Waals surface area contributed by atoms with Crippen LogP contribution in [0.4, 0.5) is 28.0 Å². The van der Waals surface area contributed by atoms with Gasteiger partial charge in [-0.05, 0) is 18.2 Å². The van der Waals surface area contributed by atoms with Crippen molar-refractivity contribution in [2.24, 2.45) is 7.05 Å². The number of halogens is 4. The van der Waals surface area contributed by atoms with Crippen molar-refractivity contribution in [3.05, 3.63) is 52.2 Å². The van der Waals surface area contributed by atoms with E-state index in [1.807, 2.05) is 0 Å². The van der Waals surface area contributed by atoms with E-state index >= 15 is 0 Å². The van der Waals surface area contributed by atoms with Crippen molar-refractivity contribution in [2.45, 2.75) is 25.1 Å². The first-order chi connectivity index (χ1) is 13.6. The van der Waals surface area contributed by atoms with E-state index in [0.717, 1.165) is 16.8 Å². The lowest BCUT2D eigenvalue weighted by Gasteiger charge is -2.32. The molecule has 0 unspecified atom stereocenters. The third-order valence-corrected chi connectivity index (χ3v) is 4.48. The topological polar surface area (TPSA) is 76.5 Å². The molecule has 1 saturated heterocycles. The number of amides is 2. The highest BCUT2D eigenvalue weighted by Crippen LogP contribution is 2.33. The molecule has 0 aliphatic carbocycles. The van der Waals surface area contributed by atoms with Gasteiger partial charge in [0.1, 0.15) is 23.4 Å². The van der Waals surface area contributed by atoms with E-state index in [-0.39, 0.29) is 24.5 Å². The van der Waals surface area contributed by atoms with Crippen LogP contribution in [0.25, 0.3) is 0 Å². The highest BCUT2D eigenvalue weighted by atomic mass is 19.4. The summed E-state index contributed by atoms with van der Waals surface area (Å²) in [6.07, 6.45) is -3.06. The summed E-state index contributed by atoms with van der Waals surface area (Å²) in [6.45, 7) is 0.534. The molecule has 1 fully saturated rings. The lowest BCUT2D eigenvalue weighted by Crippen LogP contribution is -2.44. The summed E-state index contributed by atoms with van der Waals surface area (Å²) in [5.41, 5.74) is -1.49. The highest BCUT2D eigenvalue weighted by Gasteiger charge is 2.32. The average molecular weight is 414 g/mol. The fourth-order valence-electron chi connectivity index (χ4n) is 2.96. The van der Waals surface area contributed by atoms with Gasteiger partial charge in [0.05, 0.1) is 5.56 Å². The molecule has 1 aromatic heterocycles. The molecule has 29 heavy (non-hydrogen) atoms. The number of carbonyl (C=O) groups excluding carboxylic acids is 1. The first kappa shape index (κ1) is 20.6. The highest BCUT2D eigenvalue weighted by molar-refractivity contribution is 5.89. The van der Waals surface area contributed by atoms with Crippen molar-refractivity contribution in [3.8, 4) is 5.75 Å². The van der Waals surface area contributed by atoms with E-state index < -0.39 is 35.3 Å². The molecule has 0 radical (unpaired) electrons. The largest absolute Gasteiger partial charge is 0.490 e. The van der Waals surface area contributed by atoms with Crippen LogP contribution in [0.5, 0.6) is 5.75 Å². The van der Waals surface area contributed by atoms with Gasteiger partial charge in [0, 0.05) is 45.2 Å². The van der Waals surface area contributed by atoms with Gasteiger partial charge in [-0.3, -0.25) is 4.79 Å². The number of urea groups is 1. The van der Waals surface area contributed by atoms with Crippen LogP contribution in [0.1, 0.15) is 18.4 Å². The van der Waals surface area contributed by atoms with Crippen molar-refractivity contribution < 1.29 is 27.1 Å².